The number of pyridine rings is 1. The van der Waals surface area contributed by atoms with Crippen molar-refractivity contribution in [1.29, 1.82) is 0 Å². The summed E-state index contributed by atoms with van der Waals surface area (Å²) in [4.78, 5) is 55.2. The Bertz CT molecular complexity index is 2090. The number of aromatic nitrogens is 3. The summed E-state index contributed by atoms with van der Waals surface area (Å²) >= 11 is 0. The van der Waals surface area contributed by atoms with E-state index in [1.807, 2.05) is 38.2 Å². The Balaban J connectivity index is 0.812. The number of piperidine rings is 2. The number of ether oxygens (including phenoxy) is 2. The lowest BCUT2D eigenvalue weighted by molar-refractivity contribution is -0.134. The van der Waals surface area contributed by atoms with Gasteiger partial charge in [-0.3, -0.25) is 23.9 Å². The van der Waals surface area contributed by atoms with E-state index >= 15 is 0 Å². The number of amides is 3. The summed E-state index contributed by atoms with van der Waals surface area (Å²) in [5.41, 5.74) is 7.94. The van der Waals surface area contributed by atoms with Gasteiger partial charge in [0.15, 0.2) is 6.10 Å². The molecule has 12 nitrogen and oxygen atoms in total. The zero-order chi connectivity index (χ0) is 37.5. The van der Waals surface area contributed by atoms with E-state index in [2.05, 4.69) is 21.7 Å². The van der Waals surface area contributed by atoms with Crippen LogP contribution < -0.4 is 25.7 Å². The molecule has 0 radical (unpaired) electrons. The molecule has 4 fully saturated rings. The van der Waals surface area contributed by atoms with Crippen molar-refractivity contribution in [2.45, 2.75) is 108 Å². The number of primary amides is 1. The fraction of sp³-hybridized carbons (Fsp3) is 0.500. The number of likely N-dealkylation sites (tertiary alicyclic amines) is 1. The smallest absolute Gasteiger partial charge is 0.275 e. The molecule has 54 heavy (non-hydrogen) atoms. The first kappa shape index (κ1) is 36.0. The van der Waals surface area contributed by atoms with Crippen LogP contribution in [-0.2, 0) is 9.59 Å². The fourth-order valence-electron chi connectivity index (χ4n) is 8.62. The van der Waals surface area contributed by atoms with Crippen LogP contribution in [0.4, 0.5) is 5.69 Å². The van der Waals surface area contributed by atoms with Crippen LogP contribution in [0.3, 0.4) is 0 Å². The van der Waals surface area contributed by atoms with E-state index in [0.29, 0.717) is 34.9 Å². The number of nitrogens with zero attached hydrogens (tertiary/aromatic N) is 5. The first-order valence-electron chi connectivity index (χ1n) is 19.7. The van der Waals surface area contributed by atoms with E-state index < -0.39 is 17.9 Å². The van der Waals surface area contributed by atoms with Crippen LogP contribution in [-0.4, -0.2) is 68.8 Å². The predicted molar refractivity (Wildman–Crippen MR) is 205 cm³/mol. The molecule has 2 aromatic heterocycles. The van der Waals surface area contributed by atoms with Crippen LogP contribution in [0.5, 0.6) is 11.5 Å². The summed E-state index contributed by atoms with van der Waals surface area (Å²) in [5.74, 6) is 0.866. The Labute approximate surface area is 315 Å². The maximum absolute atomic E-state index is 13.5. The number of fused-ring (bicyclic) bond motifs is 1. The Kier molecular flexibility index (Phi) is 10.0. The maximum Gasteiger partial charge on any atom is 0.275 e. The monoisotopic (exact) mass is 734 g/mol. The minimum Gasteiger partial charge on any atom is -0.490 e. The molecule has 4 heterocycles. The van der Waals surface area contributed by atoms with E-state index in [4.69, 9.17) is 20.3 Å². The molecule has 1 atom stereocenters. The molecule has 8 rings (SSSR count). The maximum atomic E-state index is 13.5. The number of imide groups is 1. The van der Waals surface area contributed by atoms with Crippen molar-refractivity contribution in [2.75, 3.05) is 24.5 Å². The van der Waals surface area contributed by atoms with Crippen molar-refractivity contribution in [2.24, 2.45) is 11.7 Å². The molecule has 0 spiro atoms. The summed E-state index contributed by atoms with van der Waals surface area (Å²) < 4.78 is 15.7. The second kappa shape index (κ2) is 15.0. The highest BCUT2D eigenvalue weighted by molar-refractivity contribution is 6.18. The van der Waals surface area contributed by atoms with Gasteiger partial charge in [0.2, 0.25) is 5.91 Å². The van der Waals surface area contributed by atoms with Gasteiger partial charge in [-0.25, -0.2) is 4.90 Å². The van der Waals surface area contributed by atoms with Gasteiger partial charge in [0.05, 0.1) is 23.2 Å². The highest BCUT2D eigenvalue weighted by Crippen LogP contribution is 2.37. The topological polar surface area (TPSA) is 142 Å². The van der Waals surface area contributed by atoms with E-state index in [9.17, 15) is 19.2 Å². The largest absolute Gasteiger partial charge is 0.490 e. The third-order valence-electron chi connectivity index (χ3n) is 11.7. The van der Waals surface area contributed by atoms with E-state index in [0.717, 1.165) is 86.8 Å². The van der Waals surface area contributed by atoms with Crippen molar-refractivity contribution in [3.63, 3.8) is 0 Å². The minimum atomic E-state index is -0.825. The Morgan fingerprint density at radius 1 is 0.907 bits per heavy atom. The van der Waals surface area contributed by atoms with Gasteiger partial charge in [-0.1, -0.05) is 12.1 Å². The molecule has 2 aliphatic carbocycles. The van der Waals surface area contributed by atoms with Crippen molar-refractivity contribution in [3.8, 4) is 11.5 Å². The van der Waals surface area contributed by atoms with Gasteiger partial charge in [-0.05, 0) is 126 Å². The molecule has 12 heteroatoms. The number of hydrogen-bond donors (Lipinski definition) is 1. The zero-order valence-electron chi connectivity index (χ0n) is 31.2. The van der Waals surface area contributed by atoms with Gasteiger partial charge in [-0.15, -0.1) is 0 Å². The molecule has 2 aliphatic heterocycles. The van der Waals surface area contributed by atoms with Crippen molar-refractivity contribution in [3.05, 3.63) is 82.4 Å². The lowest BCUT2D eigenvalue weighted by atomic mass is 9.84. The average Bonchev–Trinajstić information content (AvgIpc) is 3.92. The molecule has 284 valence electrons. The third kappa shape index (κ3) is 7.53. The molecule has 2 N–H and O–H groups in total. The normalized spacial score (nSPS) is 22.9. The van der Waals surface area contributed by atoms with Crippen LogP contribution in [0, 0.1) is 5.92 Å². The molecule has 2 aromatic carbocycles. The Hall–Kier alpha value is -4.97. The first-order valence-corrected chi connectivity index (χ1v) is 19.7. The summed E-state index contributed by atoms with van der Waals surface area (Å²) in [6.07, 6.45) is 11.8. The number of carbonyl (C=O) groups is 3. The summed E-state index contributed by atoms with van der Waals surface area (Å²) in [6.45, 7) is 7.11. The SMILES string of the molecule is CC(C)Oc1cc2nn(C3CCC(CN4CCC(c5ccc(OC6CCC(=O)N(c7cccn(C8CC8)c7=O)C6=O)cc5)CC4)CC3)cc2cc1C(N)=O. The minimum absolute atomic E-state index is 0.0732. The van der Waals surface area contributed by atoms with Crippen LogP contribution >= 0.6 is 0 Å². The molecule has 3 amide bonds. The lowest BCUT2D eigenvalue weighted by Gasteiger charge is -2.37. The van der Waals surface area contributed by atoms with E-state index in [-0.39, 0.29) is 42.1 Å². The molecular weight excluding hydrogens is 684 g/mol. The summed E-state index contributed by atoms with van der Waals surface area (Å²) in [5, 5.41) is 5.78. The molecule has 0 bridgehead atoms. The number of nitrogens with two attached hydrogens (primary N) is 1. The Morgan fingerprint density at radius 2 is 1.63 bits per heavy atom. The van der Waals surface area contributed by atoms with Crippen LogP contribution in [0.2, 0.25) is 0 Å². The quantitative estimate of drug-likeness (QED) is 0.182. The van der Waals surface area contributed by atoms with Gasteiger partial charge in [0.1, 0.15) is 17.2 Å². The third-order valence-corrected chi connectivity index (χ3v) is 11.7. The summed E-state index contributed by atoms with van der Waals surface area (Å²) in [6, 6.07) is 15.5. The molecular formula is C42H50N6O6. The highest BCUT2D eigenvalue weighted by Gasteiger charge is 2.39. The molecule has 2 saturated heterocycles. The van der Waals surface area contributed by atoms with Crippen molar-refractivity contribution < 1.29 is 23.9 Å². The number of rotatable bonds is 11. The van der Waals surface area contributed by atoms with Crippen LogP contribution in [0.1, 0.15) is 112 Å². The van der Waals surface area contributed by atoms with Gasteiger partial charge in [-0.2, -0.15) is 5.10 Å². The van der Waals surface area contributed by atoms with E-state index in [1.54, 1.807) is 29.0 Å². The molecule has 1 unspecified atom stereocenters. The molecule has 2 saturated carbocycles. The second-order valence-corrected chi connectivity index (χ2v) is 15.9. The zero-order valence-corrected chi connectivity index (χ0v) is 31.2. The predicted octanol–water partition coefficient (Wildman–Crippen LogP) is 6.13. The number of hydrogen-bond acceptors (Lipinski definition) is 8. The standard InChI is InChI=1S/C42H50N6O6/c1-26(2)53-38-23-35-30(22-34(38)40(43)50)25-47(44-35)32-9-5-27(6-10-32)24-45-20-17-29(18-21-45)28-7-13-33(14-8-28)54-37-15-16-39(49)48(42(37)52)36-4-3-19-46(41(36)51)31-11-12-31/h3-4,7-8,13-14,19,22-23,25-27,29,31-32,37H,5-6,9-12,15-18,20-21,24H2,1-2H3,(H2,43,50). The van der Waals surface area contributed by atoms with Gasteiger partial charge < -0.3 is 24.7 Å². The molecule has 4 aromatic rings. The first-order chi connectivity index (χ1) is 26.1. The highest BCUT2D eigenvalue weighted by atomic mass is 16.5. The fourth-order valence-corrected chi connectivity index (χ4v) is 8.62. The number of benzene rings is 2. The van der Waals surface area contributed by atoms with Gasteiger partial charge in [0.25, 0.3) is 17.4 Å². The number of anilines is 1. The van der Waals surface area contributed by atoms with E-state index in [1.165, 1.54) is 5.56 Å². The van der Waals surface area contributed by atoms with Crippen molar-refractivity contribution >= 4 is 34.3 Å². The molecule has 4 aliphatic rings. The number of carbonyl (C=O) groups excluding carboxylic acids is 3. The van der Waals surface area contributed by atoms with Crippen LogP contribution in [0.15, 0.2) is 65.7 Å². The Morgan fingerprint density at radius 3 is 2.31 bits per heavy atom. The van der Waals surface area contributed by atoms with Gasteiger partial charge >= 0.3 is 0 Å². The van der Waals surface area contributed by atoms with Crippen LogP contribution in [0.25, 0.3) is 10.9 Å². The average molecular weight is 735 g/mol. The van der Waals surface area contributed by atoms with Gasteiger partial charge in [0, 0.05) is 49.3 Å². The summed E-state index contributed by atoms with van der Waals surface area (Å²) in [7, 11) is 0. The second-order valence-electron chi connectivity index (χ2n) is 15.9. The lowest BCUT2D eigenvalue weighted by Crippen LogP contribution is -2.52. The van der Waals surface area contributed by atoms with Crippen molar-refractivity contribution in [1.82, 2.24) is 19.2 Å².